The van der Waals surface area contributed by atoms with Gasteiger partial charge in [0.2, 0.25) is 0 Å². The third kappa shape index (κ3) is 4.62. The first-order valence-corrected chi connectivity index (χ1v) is 9.40. The van der Waals surface area contributed by atoms with Gasteiger partial charge in [0.05, 0.1) is 5.60 Å². The van der Waals surface area contributed by atoms with Gasteiger partial charge in [-0.25, -0.2) is 0 Å². The zero-order chi connectivity index (χ0) is 14.4. The molecule has 0 aromatic rings. The fourth-order valence-electron chi connectivity index (χ4n) is 3.60. The minimum absolute atomic E-state index is 0.215. The van der Waals surface area contributed by atoms with E-state index in [-0.39, 0.29) is 5.60 Å². The maximum Gasteiger partial charge on any atom is 0.0701 e. The number of thioether (sulfide) groups is 1. The SMILES string of the molecule is CCCNC(CN(C)C)C1CCOC2(CCSCC2)C1. The van der Waals surface area contributed by atoms with Crippen LogP contribution in [0.4, 0.5) is 0 Å². The number of ether oxygens (including phenoxy) is 1. The van der Waals surface area contributed by atoms with Gasteiger partial charge in [-0.2, -0.15) is 11.8 Å². The van der Waals surface area contributed by atoms with E-state index in [2.05, 4.69) is 43.0 Å². The van der Waals surface area contributed by atoms with Gasteiger partial charge in [0, 0.05) is 19.2 Å². The summed E-state index contributed by atoms with van der Waals surface area (Å²) >= 11 is 2.09. The van der Waals surface area contributed by atoms with Crippen molar-refractivity contribution in [3.63, 3.8) is 0 Å². The van der Waals surface area contributed by atoms with E-state index in [1.807, 2.05) is 0 Å². The Morgan fingerprint density at radius 1 is 1.35 bits per heavy atom. The molecule has 2 saturated heterocycles. The summed E-state index contributed by atoms with van der Waals surface area (Å²) in [7, 11) is 4.37. The van der Waals surface area contributed by atoms with Gasteiger partial charge in [-0.3, -0.25) is 0 Å². The summed E-state index contributed by atoms with van der Waals surface area (Å²) in [5.41, 5.74) is 0.215. The van der Waals surface area contributed by atoms with Gasteiger partial charge in [-0.1, -0.05) is 6.92 Å². The van der Waals surface area contributed by atoms with Crippen molar-refractivity contribution in [3.8, 4) is 0 Å². The fraction of sp³-hybridized carbons (Fsp3) is 1.00. The quantitative estimate of drug-likeness (QED) is 0.815. The number of hydrogen-bond acceptors (Lipinski definition) is 4. The van der Waals surface area contributed by atoms with E-state index in [9.17, 15) is 0 Å². The van der Waals surface area contributed by atoms with Crippen molar-refractivity contribution in [2.45, 2.75) is 50.7 Å². The topological polar surface area (TPSA) is 24.5 Å². The van der Waals surface area contributed by atoms with Gasteiger partial charge >= 0.3 is 0 Å². The number of likely N-dealkylation sites (N-methyl/N-ethyl adjacent to an activating group) is 1. The van der Waals surface area contributed by atoms with Crippen molar-refractivity contribution in [2.24, 2.45) is 5.92 Å². The van der Waals surface area contributed by atoms with Gasteiger partial charge in [-0.05, 0) is 70.2 Å². The lowest BCUT2D eigenvalue weighted by Gasteiger charge is -2.46. The second-order valence-electron chi connectivity index (χ2n) is 6.72. The standard InChI is InChI=1S/C16H32N2OS/c1-4-8-17-15(13-18(2)3)14-5-9-19-16(12-14)6-10-20-11-7-16/h14-15,17H,4-13H2,1-3H3. The lowest BCUT2D eigenvalue weighted by Crippen LogP contribution is -2.51. The van der Waals surface area contributed by atoms with E-state index in [4.69, 9.17) is 4.74 Å². The molecular formula is C16H32N2OS. The van der Waals surface area contributed by atoms with Crippen LogP contribution in [0.5, 0.6) is 0 Å². The Morgan fingerprint density at radius 2 is 2.10 bits per heavy atom. The van der Waals surface area contributed by atoms with Crippen molar-refractivity contribution >= 4 is 11.8 Å². The van der Waals surface area contributed by atoms with E-state index >= 15 is 0 Å². The molecule has 0 amide bonds. The van der Waals surface area contributed by atoms with Crippen LogP contribution >= 0.6 is 11.8 Å². The molecule has 4 heteroatoms. The van der Waals surface area contributed by atoms with E-state index in [0.717, 1.165) is 25.6 Å². The van der Waals surface area contributed by atoms with Crippen molar-refractivity contribution in [2.75, 3.05) is 45.3 Å². The summed E-state index contributed by atoms with van der Waals surface area (Å²) in [6, 6.07) is 0.625. The Balaban J connectivity index is 1.96. The van der Waals surface area contributed by atoms with Crippen LogP contribution in [0.2, 0.25) is 0 Å². The van der Waals surface area contributed by atoms with Gasteiger partial charge in [-0.15, -0.1) is 0 Å². The predicted molar refractivity (Wildman–Crippen MR) is 88.6 cm³/mol. The molecule has 1 spiro atoms. The predicted octanol–water partition coefficient (Wildman–Crippen LogP) is 2.61. The molecule has 2 heterocycles. The Bertz CT molecular complexity index is 274. The Morgan fingerprint density at radius 3 is 2.75 bits per heavy atom. The van der Waals surface area contributed by atoms with E-state index in [0.29, 0.717) is 6.04 Å². The van der Waals surface area contributed by atoms with E-state index in [1.165, 1.54) is 43.6 Å². The minimum Gasteiger partial charge on any atom is -0.375 e. The maximum absolute atomic E-state index is 6.24. The molecule has 2 unspecified atom stereocenters. The Kier molecular flexibility index (Phi) is 6.66. The average molecular weight is 301 g/mol. The molecule has 2 rings (SSSR count). The molecule has 2 fully saturated rings. The molecule has 118 valence electrons. The molecule has 2 atom stereocenters. The summed E-state index contributed by atoms with van der Waals surface area (Å²) in [5.74, 6) is 3.35. The molecule has 0 aromatic heterocycles. The highest BCUT2D eigenvalue weighted by Crippen LogP contribution is 2.40. The minimum atomic E-state index is 0.215. The van der Waals surface area contributed by atoms with Gasteiger partial charge in [0.1, 0.15) is 0 Å². The van der Waals surface area contributed by atoms with Crippen LogP contribution in [0.15, 0.2) is 0 Å². The van der Waals surface area contributed by atoms with Gasteiger partial charge in [0.25, 0.3) is 0 Å². The molecule has 0 aliphatic carbocycles. The van der Waals surface area contributed by atoms with Crippen molar-refractivity contribution < 1.29 is 4.74 Å². The second-order valence-corrected chi connectivity index (χ2v) is 7.94. The summed E-state index contributed by atoms with van der Waals surface area (Å²) in [5, 5.41) is 3.79. The molecule has 0 aromatic carbocycles. The van der Waals surface area contributed by atoms with Crippen LogP contribution in [-0.4, -0.2) is 61.8 Å². The highest BCUT2D eigenvalue weighted by molar-refractivity contribution is 7.99. The first-order chi connectivity index (χ1) is 9.65. The molecule has 2 aliphatic heterocycles. The number of hydrogen-bond donors (Lipinski definition) is 1. The summed E-state index contributed by atoms with van der Waals surface area (Å²) in [4.78, 5) is 2.33. The number of nitrogens with zero attached hydrogens (tertiary/aromatic N) is 1. The van der Waals surface area contributed by atoms with Crippen molar-refractivity contribution in [1.82, 2.24) is 10.2 Å². The fourth-order valence-corrected chi connectivity index (χ4v) is 4.84. The van der Waals surface area contributed by atoms with Crippen LogP contribution in [0.25, 0.3) is 0 Å². The first-order valence-electron chi connectivity index (χ1n) is 8.25. The van der Waals surface area contributed by atoms with Crippen LogP contribution < -0.4 is 5.32 Å². The number of nitrogens with one attached hydrogen (secondary N) is 1. The smallest absolute Gasteiger partial charge is 0.0701 e. The molecule has 2 aliphatic rings. The van der Waals surface area contributed by atoms with Crippen LogP contribution in [0, 0.1) is 5.92 Å². The lowest BCUT2D eigenvalue weighted by molar-refractivity contribution is -0.108. The summed E-state index contributed by atoms with van der Waals surface area (Å²) < 4.78 is 6.24. The zero-order valence-electron chi connectivity index (χ0n) is 13.5. The molecule has 0 radical (unpaired) electrons. The van der Waals surface area contributed by atoms with Gasteiger partial charge in [0.15, 0.2) is 0 Å². The first kappa shape index (κ1) is 16.6. The maximum atomic E-state index is 6.24. The van der Waals surface area contributed by atoms with Crippen LogP contribution in [-0.2, 0) is 4.74 Å². The van der Waals surface area contributed by atoms with Crippen LogP contribution in [0.3, 0.4) is 0 Å². The number of rotatable bonds is 6. The lowest BCUT2D eigenvalue weighted by atomic mass is 9.78. The highest BCUT2D eigenvalue weighted by Gasteiger charge is 2.40. The molecule has 20 heavy (non-hydrogen) atoms. The average Bonchev–Trinajstić information content (AvgIpc) is 2.44. The molecular weight excluding hydrogens is 268 g/mol. The Labute approximate surface area is 129 Å². The van der Waals surface area contributed by atoms with Gasteiger partial charge < -0.3 is 15.0 Å². The highest BCUT2D eigenvalue weighted by atomic mass is 32.2. The van der Waals surface area contributed by atoms with E-state index < -0.39 is 0 Å². The molecule has 1 N–H and O–H groups in total. The van der Waals surface area contributed by atoms with E-state index in [1.54, 1.807) is 0 Å². The summed E-state index contributed by atoms with van der Waals surface area (Å²) in [6.45, 7) is 5.50. The Hall–Kier alpha value is 0.230. The third-order valence-electron chi connectivity index (χ3n) is 4.72. The summed E-state index contributed by atoms with van der Waals surface area (Å²) in [6.07, 6.45) is 6.23. The molecule has 0 bridgehead atoms. The van der Waals surface area contributed by atoms with Crippen molar-refractivity contribution in [3.05, 3.63) is 0 Å². The van der Waals surface area contributed by atoms with Crippen LogP contribution in [0.1, 0.15) is 39.0 Å². The third-order valence-corrected chi connectivity index (χ3v) is 5.71. The normalized spacial score (nSPS) is 27.9. The molecule has 0 saturated carbocycles. The monoisotopic (exact) mass is 300 g/mol. The zero-order valence-corrected chi connectivity index (χ0v) is 14.3. The second kappa shape index (κ2) is 8.02. The largest absolute Gasteiger partial charge is 0.375 e. The van der Waals surface area contributed by atoms with Crippen molar-refractivity contribution in [1.29, 1.82) is 0 Å². The molecule has 3 nitrogen and oxygen atoms in total.